The molecule has 2 amide bonds. The van der Waals surface area contributed by atoms with Crippen LogP contribution in [0.4, 0.5) is 0 Å². The summed E-state index contributed by atoms with van der Waals surface area (Å²) in [7, 11) is -2.22. The van der Waals surface area contributed by atoms with E-state index in [0.29, 0.717) is 13.0 Å². The predicted octanol–water partition coefficient (Wildman–Crippen LogP) is -0.298. The molecule has 1 heterocycles. The van der Waals surface area contributed by atoms with Crippen molar-refractivity contribution in [2.24, 2.45) is 0 Å². The van der Waals surface area contributed by atoms with Crippen LogP contribution in [0.5, 0.6) is 0 Å². The van der Waals surface area contributed by atoms with E-state index in [1.807, 2.05) is 0 Å². The van der Waals surface area contributed by atoms with E-state index < -0.39 is 21.8 Å². The van der Waals surface area contributed by atoms with Gasteiger partial charge >= 0.3 is 11.8 Å². The van der Waals surface area contributed by atoms with Gasteiger partial charge in [-0.1, -0.05) is 18.2 Å². The molecule has 1 aromatic rings. The second kappa shape index (κ2) is 6.89. The maximum Gasteiger partial charge on any atom is 0.309 e. The summed E-state index contributed by atoms with van der Waals surface area (Å²) >= 11 is 0. The highest BCUT2D eigenvalue weighted by molar-refractivity contribution is 7.89. The summed E-state index contributed by atoms with van der Waals surface area (Å²) in [6.07, 6.45) is 1.38. The molecule has 1 atom stereocenters. The lowest BCUT2D eigenvalue weighted by molar-refractivity contribution is -0.138. The maximum atomic E-state index is 12.6. The van der Waals surface area contributed by atoms with Gasteiger partial charge in [0.15, 0.2) is 0 Å². The fourth-order valence-electron chi connectivity index (χ4n) is 2.46. The molecule has 0 saturated carbocycles. The van der Waals surface area contributed by atoms with Gasteiger partial charge in [0, 0.05) is 26.2 Å². The van der Waals surface area contributed by atoms with E-state index in [4.69, 9.17) is 0 Å². The topological polar surface area (TPSA) is 95.6 Å². The Hall–Kier alpha value is -1.93. The van der Waals surface area contributed by atoms with Gasteiger partial charge in [-0.25, -0.2) is 8.42 Å². The Balaban J connectivity index is 2.08. The van der Waals surface area contributed by atoms with Gasteiger partial charge in [0.2, 0.25) is 10.0 Å². The number of carbonyl (C=O) groups excluding carboxylic acids is 2. The first-order valence-corrected chi connectivity index (χ1v) is 8.47. The molecule has 120 valence electrons. The van der Waals surface area contributed by atoms with Crippen molar-refractivity contribution in [3.63, 3.8) is 0 Å². The smallest absolute Gasteiger partial charge is 0.309 e. The number of sulfonamides is 1. The standard InChI is InChI=1S/C14H19N3O4S/c1-15-13(18)14(19)16-10-11-6-5-9-17(11)22(20,21)12-7-3-2-4-8-12/h2-4,7-8,11H,5-6,9-10H2,1H3,(H,15,18)(H,16,19)/t11-/m0/s1. The Kier molecular flexibility index (Phi) is 5.15. The van der Waals surface area contributed by atoms with Crippen LogP contribution in [-0.2, 0) is 19.6 Å². The van der Waals surface area contributed by atoms with Crippen LogP contribution in [0.15, 0.2) is 35.2 Å². The summed E-state index contributed by atoms with van der Waals surface area (Å²) in [6, 6.07) is 7.86. The van der Waals surface area contributed by atoms with E-state index in [0.717, 1.165) is 6.42 Å². The van der Waals surface area contributed by atoms with Gasteiger partial charge in [0.1, 0.15) is 0 Å². The summed E-state index contributed by atoms with van der Waals surface area (Å²) < 4.78 is 26.6. The number of nitrogens with one attached hydrogen (secondary N) is 2. The lowest BCUT2D eigenvalue weighted by atomic mass is 10.2. The van der Waals surface area contributed by atoms with Crippen LogP contribution in [0.25, 0.3) is 0 Å². The summed E-state index contributed by atoms with van der Waals surface area (Å²) in [4.78, 5) is 22.9. The minimum absolute atomic E-state index is 0.123. The molecule has 0 unspecified atom stereocenters. The first-order valence-electron chi connectivity index (χ1n) is 7.03. The Morgan fingerprint density at radius 3 is 2.55 bits per heavy atom. The normalized spacial score (nSPS) is 18.9. The molecule has 1 aliphatic heterocycles. The average Bonchev–Trinajstić information content (AvgIpc) is 3.02. The third-order valence-corrected chi connectivity index (χ3v) is 5.57. The highest BCUT2D eigenvalue weighted by Gasteiger charge is 2.35. The van der Waals surface area contributed by atoms with Crippen molar-refractivity contribution in [1.82, 2.24) is 14.9 Å². The molecule has 7 nitrogen and oxygen atoms in total. The van der Waals surface area contributed by atoms with Gasteiger partial charge in [0.25, 0.3) is 0 Å². The Morgan fingerprint density at radius 2 is 1.91 bits per heavy atom. The second-order valence-corrected chi connectivity index (χ2v) is 6.90. The van der Waals surface area contributed by atoms with Crippen molar-refractivity contribution in [3.8, 4) is 0 Å². The van der Waals surface area contributed by atoms with E-state index in [2.05, 4.69) is 10.6 Å². The zero-order valence-corrected chi connectivity index (χ0v) is 13.1. The van der Waals surface area contributed by atoms with Crippen molar-refractivity contribution in [2.45, 2.75) is 23.8 Å². The van der Waals surface area contributed by atoms with Crippen molar-refractivity contribution in [2.75, 3.05) is 20.1 Å². The van der Waals surface area contributed by atoms with Crippen LogP contribution < -0.4 is 10.6 Å². The fraction of sp³-hybridized carbons (Fsp3) is 0.429. The predicted molar refractivity (Wildman–Crippen MR) is 80.4 cm³/mol. The third-order valence-electron chi connectivity index (χ3n) is 3.60. The molecule has 2 N–H and O–H groups in total. The number of carbonyl (C=O) groups is 2. The van der Waals surface area contributed by atoms with E-state index in [-0.39, 0.29) is 17.5 Å². The zero-order valence-electron chi connectivity index (χ0n) is 12.3. The number of hydrogen-bond acceptors (Lipinski definition) is 4. The molecule has 22 heavy (non-hydrogen) atoms. The number of likely N-dealkylation sites (N-methyl/N-ethyl adjacent to an activating group) is 1. The molecule has 0 radical (unpaired) electrons. The summed E-state index contributed by atoms with van der Waals surface area (Å²) in [5.41, 5.74) is 0. The van der Waals surface area contributed by atoms with Crippen LogP contribution in [0.1, 0.15) is 12.8 Å². The van der Waals surface area contributed by atoms with Gasteiger partial charge in [0.05, 0.1) is 4.90 Å². The second-order valence-electron chi connectivity index (χ2n) is 5.01. The molecular weight excluding hydrogens is 306 g/mol. The molecular formula is C14H19N3O4S. The summed E-state index contributed by atoms with van der Waals surface area (Å²) in [5.74, 6) is -1.50. The van der Waals surface area contributed by atoms with Crippen molar-refractivity contribution < 1.29 is 18.0 Å². The van der Waals surface area contributed by atoms with Gasteiger partial charge in [-0.3, -0.25) is 9.59 Å². The number of rotatable bonds is 4. The highest BCUT2D eigenvalue weighted by atomic mass is 32.2. The van der Waals surface area contributed by atoms with E-state index in [1.54, 1.807) is 30.3 Å². The van der Waals surface area contributed by atoms with Crippen LogP contribution in [0.2, 0.25) is 0 Å². The molecule has 1 saturated heterocycles. The van der Waals surface area contributed by atoms with Gasteiger partial charge in [-0.2, -0.15) is 4.31 Å². The first-order chi connectivity index (χ1) is 10.5. The van der Waals surface area contributed by atoms with Gasteiger partial charge in [-0.05, 0) is 25.0 Å². The molecule has 0 bridgehead atoms. The molecule has 0 spiro atoms. The van der Waals surface area contributed by atoms with Crippen LogP contribution in [-0.4, -0.2) is 50.7 Å². The lowest BCUT2D eigenvalue weighted by Crippen LogP contribution is -2.46. The van der Waals surface area contributed by atoms with Crippen molar-refractivity contribution in [1.29, 1.82) is 0 Å². The minimum Gasteiger partial charge on any atom is -0.351 e. The average molecular weight is 325 g/mol. The number of benzene rings is 1. The van der Waals surface area contributed by atoms with E-state index in [1.165, 1.54) is 11.4 Å². The molecule has 1 fully saturated rings. The van der Waals surface area contributed by atoms with Crippen molar-refractivity contribution >= 4 is 21.8 Å². The highest BCUT2D eigenvalue weighted by Crippen LogP contribution is 2.25. The number of nitrogens with zero attached hydrogens (tertiary/aromatic N) is 1. The molecule has 1 aromatic carbocycles. The third kappa shape index (κ3) is 3.45. The summed E-state index contributed by atoms with van der Waals surface area (Å²) in [5, 5.41) is 4.70. The molecule has 0 aliphatic carbocycles. The van der Waals surface area contributed by atoms with E-state index in [9.17, 15) is 18.0 Å². The largest absolute Gasteiger partial charge is 0.351 e. The molecule has 0 aromatic heterocycles. The SMILES string of the molecule is CNC(=O)C(=O)NC[C@@H]1CCCN1S(=O)(=O)c1ccccc1. The lowest BCUT2D eigenvalue weighted by Gasteiger charge is -2.24. The molecule has 2 rings (SSSR count). The summed E-state index contributed by atoms with van der Waals surface area (Å²) in [6.45, 7) is 0.538. The van der Waals surface area contributed by atoms with Gasteiger partial charge < -0.3 is 10.6 Å². The monoisotopic (exact) mass is 325 g/mol. The van der Waals surface area contributed by atoms with Crippen LogP contribution in [0, 0.1) is 0 Å². The van der Waals surface area contributed by atoms with Crippen LogP contribution in [0.3, 0.4) is 0 Å². The number of hydrogen-bond donors (Lipinski definition) is 2. The van der Waals surface area contributed by atoms with Crippen molar-refractivity contribution in [3.05, 3.63) is 30.3 Å². The Labute approximate surface area is 129 Å². The molecule has 8 heteroatoms. The minimum atomic E-state index is -3.58. The maximum absolute atomic E-state index is 12.6. The van der Waals surface area contributed by atoms with E-state index >= 15 is 0 Å². The Bertz CT molecular complexity index is 645. The number of amides is 2. The Morgan fingerprint density at radius 1 is 1.23 bits per heavy atom. The quantitative estimate of drug-likeness (QED) is 0.743. The van der Waals surface area contributed by atoms with Gasteiger partial charge in [-0.15, -0.1) is 0 Å². The first kappa shape index (κ1) is 16.4. The fourth-order valence-corrected chi connectivity index (χ4v) is 4.18. The van der Waals surface area contributed by atoms with Crippen LogP contribution >= 0.6 is 0 Å². The zero-order chi connectivity index (χ0) is 16.2. The molecule has 1 aliphatic rings.